The molecule has 2 aliphatic heterocycles. The van der Waals surface area contributed by atoms with Gasteiger partial charge in [0.25, 0.3) is 23.6 Å². The van der Waals surface area contributed by atoms with Gasteiger partial charge in [-0.1, -0.05) is 59.0 Å². The monoisotopic (exact) mass is 1110 g/mol. The van der Waals surface area contributed by atoms with Crippen LogP contribution < -0.4 is 50.6 Å². The summed E-state index contributed by atoms with van der Waals surface area (Å²) in [5.41, 5.74) is 10.4. The average Bonchev–Trinajstić information content (AvgIpc) is 3.41. The SMILES string of the molecule is CI.COc1ccc(C(=O)NCc2cccc(C(=O)Nc3ccc4c(c3)CNCC4)c2)cc1OC.COc1ccc(C(=O)NCc2cccc(C(=O)Nc3ccc4c(c3)C[N+](C)(C)CC4)c2)cc1OC.O=C[O-]. The Labute approximate surface area is 440 Å². The zero-order chi connectivity index (χ0) is 52.9. The van der Waals surface area contributed by atoms with Crippen molar-refractivity contribution in [1.29, 1.82) is 0 Å². The maximum atomic E-state index is 12.9. The van der Waals surface area contributed by atoms with Crippen molar-refractivity contribution in [1.82, 2.24) is 16.0 Å². The number of ether oxygens (including phenoxy) is 4. The van der Waals surface area contributed by atoms with Crippen LogP contribution in [0.5, 0.6) is 23.0 Å². The van der Waals surface area contributed by atoms with Crippen molar-refractivity contribution in [2.24, 2.45) is 0 Å². The van der Waals surface area contributed by atoms with Gasteiger partial charge in [-0.15, -0.1) is 0 Å². The summed E-state index contributed by atoms with van der Waals surface area (Å²) in [6, 6.07) is 36.7. The number of carbonyl (C=O) groups is 5. The van der Waals surface area contributed by atoms with Crippen molar-refractivity contribution < 1.29 is 52.5 Å². The maximum Gasteiger partial charge on any atom is 0.255 e. The zero-order valence-corrected chi connectivity index (χ0v) is 44.3. The van der Waals surface area contributed by atoms with Crippen LogP contribution in [0.25, 0.3) is 0 Å². The Hall–Kier alpha value is -7.48. The lowest BCUT2D eigenvalue weighted by Gasteiger charge is -2.35. The number of nitrogens with zero attached hydrogens (tertiary/aromatic N) is 1. The van der Waals surface area contributed by atoms with Crippen molar-refractivity contribution in [2.75, 3.05) is 71.2 Å². The number of rotatable bonds is 14. The summed E-state index contributed by atoms with van der Waals surface area (Å²) < 4.78 is 21.9. The number of amides is 4. The third-order valence-corrected chi connectivity index (χ3v) is 12.0. The quantitative estimate of drug-likeness (QED) is 0.0326. The van der Waals surface area contributed by atoms with E-state index in [0.717, 1.165) is 66.0 Å². The Balaban J connectivity index is 0.000000249. The summed E-state index contributed by atoms with van der Waals surface area (Å²) in [6.45, 7) is 3.95. The van der Waals surface area contributed by atoms with Gasteiger partial charge in [0.15, 0.2) is 23.0 Å². The lowest BCUT2D eigenvalue weighted by atomic mass is 9.98. The molecule has 4 amide bonds. The van der Waals surface area contributed by atoms with Crippen LogP contribution in [-0.2, 0) is 43.8 Å². The third-order valence-electron chi connectivity index (χ3n) is 12.0. The highest BCUT2D eigenvalue weighted by molar-refractivity contribution is 14.1. The van der Waals surface area contributed by atoms with Crippen LogP contribution in [0.4, 0.5) is 11.4 Å². The number of anilines is 2. The molecule has 73 heavy (non-hydrogen) atoms. The molecule has 2 heterocycles. The summed E-state index contributed by atoms with van der Waals surface area (Å²) in [4.78, 5) is 61.1. The van der Waals surface area contributed by atoms with E-state index in [1.807, 2.05) is 47.4 Å². The molecule has 0 atom stereocenters. The normalized spacial score (nSPS) is 12.5. The number of quaternary nitrogens is 1. The minimum atomic E-state index is -0.500. The summed E-state index contributed by atoms with van der Waals surface area (Å²) in [7, 11) is 10.6. The number of hydrogen-bond acceptors (Lipinski definition) is 11. The molecule has 0 fully saturated rings. The van der Waals surface area contributed by atoms with E-state index in [-0.39, 0.29) is 23.6 Å². The largest absolute Gasteiger partial charge is 0.554 e. The summed E-state index contributed by atoms with van der Waals surface area (Å²) in [5, 5.41) is 23.4. The van der Waals surface area contributed by atoms with E-state index in [9.17, 15) is 19.2 Å². The van der Waals surface area contributed by atoms with Gasteiger partial charge < -0.3 is 59.9 Å². The highest BCUT2D eigenvalue weighted by Gasteiger charge is 2.24. The molecule has 8 rings (SSSR count). The molecule has 0 spiro atoms. The Morgan fingerprint density at radius 2 is 1.00 bits per heavy atom. The van der Waals surface area contributed by atoms with Gasteiger partial charge in [-0.2, -0.15) is 0 Å². The van der Waals surface area contributed by atoms with Crippen LogP contribution in [0.15, 0.2) is 121 Å². The number of fused-ring (bicyclic) bond motifs is 2. The van der Waals surface area contributed by atoms with Crippen molar-refractivity contribution in [3.63, 3.8) is 0 Å². The number of carboxylic acid groups (broad SMARTS) is 1. The van der Waals surface area contributed by atoms with E-state index >= 15 is 0 Å². The van der Waals surface area contributed by atoms with Crippen LogP contribution >= 0.6 is 22.6 Å². The molecule has 6 aromatic rings. The van der Waals surface area contributed by atoms with E-state index in [1.165, 1.54) is 36.5 Å². The zero-order valence-electron chi connectivity index (χ0n) is 42.2. The standard InChI is InChI=1S/C28H31N3O4.C26H27N3O4.CH3I.CH2O2/c1-31(2)13-12-20-8-10-24(15-23(20)18-31)30-28(33)21-7-5-6-19(14-21)17-29-27(32)22-9-11-25(34-3)26(16-22)35-4;1-32-23-9-7-20(14-24(23)33-2)25(30)28-15-17-4-3-5-19(12-17)26(31)29-22-8-6-18-10-11-27-16-21(18)13-22;1-2;2-1-3/h5-11,14-16H,12-13,17-18H2,1-4H3,(H-,29,30,32,33);3-9,12-14,27H,10-11,15-16H2,1-2H3,(H,28,30)(H,29,31);1H3;1H,(H,2,3). The van der Waals surface area contributed by atoms with Crippen LogP contribution in [-0.4, -0.2) is 95.1 Å². The van der Waals surface area contributed by atoms with E-state index in [0.29, 0.717) is 58.3 Å². The van der Waals surface area contributed by atoms with Gasteiger partial charge >= 0.3 is 0 Å². The van der Waals surface area contributed by atoms with Crippen LogP contribution in [0, 0.1) is 0 Å². The fraction of sp³-hybridized carbons (Fsp3) is 0.268. The summed E-state index contributed by atoms with van der Waals surface area (Å²) in [5.74, 6) is 1.25. The predicted octanol–water partition coefficient (Wildman–Crippen LogP) is 6.97. The first kappa shape index (κ1) is 56.4. The topological polar surface area (TPSA) is 205 Å². The molecule has 6 aromatic carbocycles. The second-order valence-corrected chi connectivity index (χ2v) is 17.4. The van der Waals surface area contributed by atoms with E-state index in [2.05, 4.69) is 81.5 Å². The van der Waals surface area contributed by atoms with Crippen LogP contribution in [0.3, 0.4) is 0 Å². The van der Waals surface area contributed by atoms with Gasteiger partial charge in [0.1, 0.15) is 6.54 Å². The Kier molecular flexibility index (Phi) is 21.6. The van der Waals surface area contributed by atoms with Crippen molar-refractivity contribution >= 4 is 64.1 Å². The smallest absolute Gasteiger partial charge is 0.255 e. The average molecular weight is 1110 g/mol. The summed E-state index contributed by atoms with van der Waals surface area (Å²) >= 11 is 2.15. The lowest BCUT2D eigenvalue weighted by molar-refractivity contribution is -0.905. The molecular weight excluding hydrogens is 1040 g/mol. The predicted molar refractivity (Wildman–Crippen MR) is 289 cm³/mol. The first-order chi connectivity index (χ1) is 35.3. The first-order valence-corrected chi connectivity index (χ1v) is 25.4. The molecule has 0 saturated heterocycles. The molecule has 0 aromatic heterocycles. The molecule has 0 unspecified atom stereocenters. The second-order valence-electron chi connectivity index (χ2n) is 17.4. The molecule has 384 valence electrons. The number of halogens is 1. The van der Waals surface area contributed by atoms with Gasteiger partial charge in [-0.05, 0) is 131 Å². The molecule has 2 aliphatic rings. The first-order valence-electron chi connectivity index (χ1n) is 23.3. The number of hydrogen-bond donors (Lipinski definition) is 5. The van der Waals surface area contributed by atoms with E-state index < -0.39 is 6.47 Å². The highest BCUT2D eigenvalue weighted by Crippen LogP contribution is 2.29. The Bertz CT molecular complexity index is 2870. The van der Waals surface area contributed by atoms with Crippen LogP contribution in [0.1, 0.15) is 74.8 Å². The molecule has 16 nitrogen and oxygen atoms in total. The Morgan fingerprint density at radius 1 is 0.562 bits per heavy atom. The number of carbonyl (C=O) groups excluding carboxylic acids is 5. The molecule has 0 bridgehead atoms. The van der Waals surface area contributed by atoms with Crippen LogP contribution in [0.2, 0.25) is 0 Å². The van der Waals surface area contributed by atoms with E-state index in [4.69, 9.17) is 28.8 Å². The van der Waals surface area contributed by atoms with Crippen molar-refractivity contribution in [3.05, 3.63) is 177 Å². The molecule has 17 heteroatoms. The summed E-state index contributed by atoms with van der Waals surface area (Å²) in [6.07, 6.45) is 2.05. The molecule has 0 radical (unpaired) electrons. The number of likely N-dealkylation sites (N-methyl/N-ethyl adjacent to an activating group) is 1. The van der Waals surface area contributed by atoms with E-state index in [1.54, 1.807) is 74.9 Å². The number of methoxy groups -OCH3 is 4. The van der Waals surface area contributed by atoms with Crippen molar-refractivity contribution in [2.45, 2.75) is 39.0 Å². The number of alkyl halides is 1. The number of nitrogens with one attached hydrogen (secondary N) is 5. The third kappa shape index (κ3) is 16.3. The lowest BCUT2D eigenvalue weighted by Crippen LogP contribution is -2.43. The fourth-order valence-electron chi connectivity index (χ4n) is 8.19. The minimum absolute atomic E-state index is 0.178. The van der Waals surface area contributed by atoms with Gasteiger partial charge in [0.05, 0.1) is 49.1 Å². The van der Waals surface area contributed by atoms with Gasteiger partial charge in [0, 0.05) is 71.7 Å². The molecule has 5 N–H and O–H groups in total. The highest BCUT2D eigenvalue weighted by atomic mass is 127. The van der Waals surface area contributed by atoms with Crippen molar-refractivity contribution in [3.8, 4) is 23.0 Å². The van der Waals surface area contributed by atoms with Gasteiger partial charge in [-0.25, -0.2) is 0 Å². The molecule has 0 aliphatic carbocycles. The molecule has 0 saturated carbocycles. The fourth-order valence-corrected chi connectivity index (χ4v) is 8.19. The van der Waals surface area contributed by atoms with Gasteiger partial charge in [-0.3, -0.25) is 19.2 Å². The number of benzene rings is 6. The minimum Gasteiger partial charge on any atom is -0.554 e. The Morgan fingerprint density at radius 3 is 1.47 bits per heavy atom. The maximum absolute atomic E-state index is 12.9. The van der Waals surface area contributed by atoms with Gasteiger partial charge in [0.2, 0.25) is 0 Å². The second kappa shape index (κ2) is 27.9. The molecular formula is C56H63IN6O10.